The SMILES string of the molecule is C=Cc1ccc(C[n+]2csc(C)c2C)cc1. The number of benzene rings is 1. The van der Waals surface area contributed by atoms with Crippen LogP contribution in [0.3, 0.4) is 0 Å². The molecule has 0 saturated carbocycles. The summed E-state index contributed by atoms with van der Waals surface area (Å²) in [6.07, 6.45) is 1.87. The molecule has 0 saturated heterocycles. The molecule has 0 radical (unpaired) electrons. The lowest BCUT2D eigenvalue weighted by atomic mass is 10.1. The number of thiazole rings is 1. The van der Waals surface area contributed by atoms with Crippen LogP contribution in [0.4, 0.5) is 0 Å². The number of hydrogen-bond donors (Lipinski definition) is 0. The average molecular weight is 230 g/mol. The largest absolute Gasteiger partial charge is 0.225 e. The second kappa shape index (κ2) is 4.62. The van der Waals surface area contributed by atoms with E-state index in [-0.39, 0.29) is 0 Å². The Morgan fingerprint density at radius 1 is 1.25 bits per heavy atom. The first-order chi connectivity index (χ1) is 7.70. The number of hydrogen-bond acceptors (Lipinski definition) is 1. The molecular formula is C14H16NS+. The standard InChI is InChI=1S/C14H16NS/c1-4-13-5-7-14(8-6-13)9-15-10-16-12(3)11(15)2/h4-8,10H,1,9H2,2-3H3/q+1. The maximum atomic E-state index is 3.76. The van der Waals surface area contributed by atoms with E-state index < -0.39 is 0 Å². The van der Waals surface area contributed by atoms with E-state index in [1.54, 1.807) is 11.3 Å². The molecule has 2 heteroatoms. The van der Waals surface area contributed by atoms with E-state index in [2.05, 4.69) is 54.8 Å². The number of rotatable bonds is 3. The van der Waals surface area contributed by atoms with E-state index in [1.807, 2.05) is 6.08 Å². The Morgan fingerprint density at radius 2 is 1.94 bits per heavy atom. The van der Waals surface area contributed by atoms with Gasteiger partial charge >= 0.3 is 0 Å². The quantitative estimate of drug-likeness (QED) is 0.712. The van der Waals surface area contributed by atoms with Crippen LogP contribution in [0.2, 0.25) is 0 Å². The van der Waals surface area contributed by atoms with Gasteiger partial charge in [0.1, 0.15) is 0 Å². The number of aromatic nitrogens is 1. The van der Waals surface area contributed by atoms with Crippen LogP contribution in [0.25, 0.3) is 6.08 Å². The van der Waals surface area contributed by atoms with Crippen molar-refractivity contribution in [2.24, 2.45) is 0 Å². The maximum Gasteiger partial charge on any atom is 0.225 e. The average Bonchev–Trinajstić information content (AvgIpc) is 2.62. The summed E-state index contributed by atoms with van der Waals surface area (Å²) in [5.74, 6) is 0. The Kier molecular flexibility index (Phi) is 3.20. The van der Waals surface area contributed by atoms with Crippen LogP contribution >= 0.6 is 11.3 Å². The van der Waals surface area contributed by atoms with Gasteiger partial charge in [0.05, 0.1) is 4.88 Å². The van der Waals surface area contributed by atoms with E-state index in [9.17, 15) is 0 Å². The van der Waals surface area contributed by atoms with Crippen molar-refractivity contribution in [3.05, 3.63) is 58.1 Å². The van der Waals surface area contributed by atoms with Gasteiger partial charge in [-0.2, -0.15) is 4.57 Å². The van der Waals surface area contributed by atoms with Crippen molar-refractivity contribution in [2.75, 3.05) is 0 Å². The third-order valence-corrected chi connectivity index (χ3v) is 3.87. The molecule has 0 amide bonds. The van der Waals surface area contributed by atoms with Crippen LogP contribution < -0.4 is 4.57 Å². The predicted octanol–water partition coefficient (Wildman–Crippen LogP) is 3.34. The summed E-state index contributed by atoms with van der Waals surface area (Å²) in [7, 11) is 0. The van der Waals surface area contributed by atoms with Crippen molar-refractivity contribution in [1.82, 2.24) is 0 Å². The van der Waals surface area contributed by atoms with Gasteiger partial charge in [0.15, 0.2) is 12.2 Å². The lowest BCUT2D eigenvalue weighted by molar-refractivity contribution is -0.689. The zero-order chi connectivity index (χ0) is 11.5. The van der Waals surface area contributed by atoms with Crippen molar-refractivity contribution >= 4 is 17.4 Å². The fourth-order valence-corrected chi connectivity index (χ4v) is 2.43. The van der Waals surface area contributed by atoms with Gasteiger partial charge in [-0.3, -0.25) is 0 Å². The molecule has 1 nitrogen and oxygen atoms in total. The first-order valence-corrected chi connectivity index (χ1v) is 6.24. The van der Waals surface area contributed by atoms with Gasteiger partial charge < -0.3 is 0 Å². The molecule has 1 aromatic carbocycles. The summed E-state index contributed by atoms with van der Waals surface area (Å²) >= 11 is 1.80. The number of nitrogens with zero attached hydrogens (tertiary/aromatic N) is 1. The highest BCUT2D eigenvalue weighted by Crippen LogP contribution is 2.10. The van der Waals surface area contributed by atoms with E-state index in [0.717, 1.165) is 6.54 Å². The first kappa shape index (κ1) is 11.1. The van der Waals surface area contributed by atoms with E-state index in [0.29, 0.717) is 0 Å². The Balaban J connectivity index is 2.20. The molecule has 0 aliphatic heterocycles. The van der Waals surface area contributed by atoms with Gasteiger partial charge in [0.25, 0.3) is 0 Å². The molecule has 82 valence electrons. The van der Waals surface area contributed by atoms with Gasteiger partial charge in [-0.05, 0) is 12.5 Å². The first-order valence-electron chi connectivity index (χ1n) is 5.36. The van der Waals surface area contributed by atoms with Gasteiger partial charge in [0.2, 0.25) is 5.51 Å². The normalized spacial score (nSPS) is 10.4. The Hall–Kier alpha value is -1.41. The smallest absolute Gasteiger partial charge is 0.188 e. The fraction of sp³-hybridized carbons (Fsp3) is 0.214. The summed E-state index contributed by atoms with van der Waals surface area (Å²) in [6, 6.07) is 8.54. The van der Waals surface area contributed by atoms with Crippen LogP contribution in [-0.2, 0) is 6.54 Å². The van der Waals surface area contributed by atoms with E-state index in [4.69, 9.17) is 0 Å². The van der Waals surface area contributed by atoms with Gasteiger partial charge in [-0.1, -0.05) is 48.3 Å². The maximum absolute atomic E-state index is 3.76. The molecular weight excluding hydrogens is 214 g/mol. The monoisotopic (exact) mass is 230 g/mol. The van der Waals surface area contributed by atoms with E-state index >= 15 is 0 Å². The second-order valence-electron chi connectivity index (χ2n) is 3.94. The lowest BCUT2D eigenvalue weighted by Gasteiger charge is -1.98. The van der Waals surface area contributed by atoms with Gasteiger partial charge in [-0.25, -0.2) is 0 Å². The zero-order valence-electron chi connectivity index (χ0n) is 9.73. The summed E-state index contributed by atoms with van der Waals surface area (Å²) < 4.78 is 2.29. The molecule has 0 aliphatic carbocycles. The molecule has 0 atom stereocenters. The number of aryl methyl sites for hydroxylation is 1. The van der Waals surface area contributed by atoms with Crippen molar-refractivity contribution in [2.45, 2.75) is 20.4 Å². The molecule has 1 heterocycles. The minimum atomic E-state index is 0.952. The second-order valence-corrected chi connectivity index (χ2v) is 5.00. The molecule has 0 aliphatic rings. The molecule has 16 heavy (non-hydrogen) atoms. The molecule has 2 aromatic rings. The summed E-state index contributed by atoms with van der Waals surface area (Å²) in [5.41, 5.74) is 6.05. The fourth-order valence-electron chi connectivity index (χ4n) is 1.62. The zero-order valence-corrected chi connectivity index (χ0v) is 10.6. The Labute approximate surface area is 101 Å². The minimum absolute atomic E-state index is 0.952. The van der Waals surface area contributed by atoms with Gasteiger partial charge in [0, 0.05) is 12.5 Å². The highest BCUT2D eigenvalue weighted by molar-refractivity contribution is 7.09. The van der Waals surface area contributed by atoms with Crippen LogP contribution in [0, 0.1) is 13.8 Å². The summed E-state index contributed by atoms with van der Waals surface area (Å²) in [6.45, 7) is 9.05. The van der Waals surface area contributed by atoms with Crippen LogP contribution in [0.1, 0.15) is 21.7 Å². The minimum Gasteiger partial charge on any atom is -0.188 e. The third kappa shape index (κ3) is 2.22. The molecule has 0 N–H and O–H groups in total. The molecule has 0 spiro atoms. The summed E-state index contributed by atoms with van der Waals surface area (Å²) in [4.78, 5) is 1.39. The molecule has 1 aromatic heterocycles. The molecule has 0 fully saturated rings. The predicted molar refractivity (Wildman–Crippen MR) is 69.6 cm³/mol. The van der Waals surface area contributed by atoms with E-state index in [1.165, 1.54) is 21.7 Å². The van der Waals surface area contributed by atoms with Gasteiger partial charge in [-0.15, -0.1) is 0 Å². The van der Waals surface area contributed by atoms with Crippen LogP contribution in [0.15, 0.2) is 36.4 Å². The Morgan fingerprint density at radius 3 is 2.44 bits per heavy atom. The molecule has 2 rings (SSSR count). The Bertz CT molecular complexity index is 494. The summed E-state index contributed by atoms with van der Waals surface area (Å²) in [5, 5.41) is 0. The van der Waals surface area contributed by atoms with Crippen molar-refractivity contribution in [3.63, 3.8) is 0 Å². The topological polar surface area (TPSA) is 3.88 Å². The molecule has 0 bridgehead atoms. The highest BCUT2D eigenvalue weighted by Gasteiger charge is 2.11. The van der Waals surface area contributed by atoms with Crippen molar-refractivity contribution in [3.8, 4) is 0 Å². The highest BCUT2D eigenvalue weighted by atomic mass is 32.1. The van der Waals surface area contributed by atoms with Crippen molar-refractivity contribution in [1.29, 1.82) is 0 Å². The van der Waals surface area contributed by atoms with Crippen molar-refractivity contribution < 1.29 is 4.57 Å². The third-order valence-electron chi connectivity index (χ3n) is 2.87. The van der Waals surface area contributed by atoms with Crippen LogP contribution in [-0.4, -0.2) is 0 Å². The van der Waals surface area contributed by atoms with Crippen LogP contribution in [0.5, 0.6) is 0 Å². The lowest BCUT2D eigenvalue weighted by Crippen LogP contribution is -2.34. The molecule has 0 unspecified atom stereocenters.